The van der Waals surface area contributed by atoms with E-state index in [-0.39, 0.29) is 0 Å². The molecule has 0 saturated carbocycles. The Bertz CT molecular complexity index is 425. The molecule has 0 saturated heterocycles. The van der Waals surface area contributed by atoms with Crippen molar-refractivity contribution in [1.82, 2.24) is 4.98 Å². The standard InChI is InChI=1S/C11H10BrNO/c1-7-8(2)14-11(13-7)9-3-5-10(12)6-4-9/h3-6H,1-2H3. The van der Waals surface area contributed by atoms with Gasteiger partial charge in [0.2, 0.25) is 5.89 Å². The quantitative estimate of drug-likeness (QED) is 0.773. The molecule has 0 atom stereocenters. The first-order valence-electron chi connectivity index (χ1n) is 4.37. The molecule has 0 aliphatic rings. The first kappa shape index (κ1) is 9.46. The van der Waals surface area contributed by atoms with Crippen LogP contribution >= 0.6 is 15.9 Å². The number of oxazole rings is 1. The predicted octanol–water partition coefficient (Wildman–Crippen LogP) is 3.72. The summed E-state index contributed by atoms with van der Waals surface area (Å²) in [7, 11) is 0. The fourth-order valence-electron chi connectivity index (χ4n) is 1.19. The van der Waals surface area contributed by atoms with E-state index in [1.165, 1.54) is 0 Å². The molecule has 2 rings (SSSR count). The van der Waals surface area contributed by atoms with Crippen LogP contribution in [0.1, 0.15) is 11.5 Å². The lowest BCUT2D eigenvalue weighted by Crippen LogP contribution is -1.77. The summed E-state index contributed by atoms with van der Waals surface area (Å²) in [4.78, 5) is 4.33. The SMILES string of the molecule is Cc1nc(-c2ccc(Br)cc2)oc1C. The zero-order chi connectivity index (χ0) is 10.1. The normalized spacial score (nSPS) is 10.5. The molecule has 2 aromatic rings. The average Bonchev–Trinajstić information content (AvgIpc) is 2.48. The molecule has 3 heteroatoms. The molecule has 0 N–H and O–H groups in total. The van der Waals surface area contributed by atoms with E-state index in [0.29, 0.717) is 5.89 Å². The highest BCUT2D eigenvalue weighted by molar-refractivity contribution is 9.10. The van der Waals surface area contributed by atoms with E-state index in [2.05, 4.69) is 20.9 Å². The van der Waals surface area contributed by atoms with Gasteiger partial charge in [0.25, 0.3) is 0 Å². The average molecular weight is 252 g/mol. The minimum atomic E-state index is 0.688. The Balaban J connectivity index is 2.44. The van der Waals surface area contributed by atoms with Gasteiger partial charge in [-0.15, -0.1) is 0 Å². The molecule has 0 spiro atoms. The second-order valence-corrected chi connectivity index (χ2v) is 4.08. The number of hydrogen-bond acceptors (Lipinski definition) is 2. The van der Waals surface area contributed by atoms with E-state index in [9.17, 15) is 0 Å². The van der Waals surface area contributed by atoms with Crippen LogP contribution in [0.15, 0.2) is 33.2 Å². The topological polar surface area (TPSA) is 26.0 Å². The van der Waals surface area contributed by atoms with Gasteiger partial charge in [0.1, 0.15) is 5.76 Å². The Morgan fingerprint density at radius 1 is 1.14 bits per heavy atom. The highest BCUT2D eigenvalue weighted by Crippen LogP contribution is 2.22. The highest BCUT2D eigenvalue weighted by Gasteiger charge is 2.07. The molecule has 1 aromatic carbocycles. The maximum atomic E-state index is 5.51. The van der Waals surface area contributed by atoms with Gasteiger partial charge in [0, 0.05) is 10.0 Å². The summed E-state index contributed by atoms with van der Waals surface area (Å²) in [5.74, 6) is 1.57. The van der Waals surface area contributed by atoms with E-state index >= 15 is 0 Å². The van der Waals surface area contributed by atoms with Gasteiger partial charge >= 0.3 is 0 Å². The summed E-state index contributed by atoms with van der Waals surface area (Å²) in [6.07, 6.45) is 0. The van der Waals surface area contributed by atoms with Gasteiger partial charge in [-0.3, -0.25) is 0 Å². The van der Waals surface area contributed by atoms with Crippen molar-refractivity contribution in [2.45, 2.75) is 13.8 Å². The molecular weight excluding hydrogens is 242 g/mol. The van der Waals surface area contributed by atoms with E-state index in [1.807, 2.05) is 38.1 Å². The number of rotatable bonds is 1. The van der Waals surface area contributed by atoms with Crippen molar-refractivity contribution < 1.29 is 4.42 Å². The van der Waals surface area contributed by atoms with Crippen LogP contribution in [0.25, 0.3) is 11.5 Å². The van der Waals surface area contributed by atoms with Gasteiger partial charge in [-0.2, -0.15) is 0 Å². The number of halogens is 1. The van der Waals surface area contributed by atoms with Crippen LogP contribution in [-0.2, 0) is 0 Å². The second-order valence-electron chi connectivity index (χ2n) is 3.17. The molecule has 2 nitrogen and oxygen atoms in total. The summed E-state index contributed by atoms with van der Waals surface area (Å²) < 4.78 is 6.57. The molecule has 0 fully saturated rings. The molecular formula is C11H10BrNO. The molecule has 1 heterocycles. The lowest BCUT2D eigenvalue weighted by Gasteiger charge is -1.94. The van der Waals surface area contributed by atoms with Crippen LogP contribution in [0.2, 0.25) is 0 Å². The van der Waals surface area contributed by atoms with E-state index in [0.717, 1.165) is 21.5 Å². The third-order valence-corrected chi connectivity index (χ3v) is 2.65. The highest BCUT2D eigenvalue weighted by atomic mass is 79.9. The van der Waals surface area contributed by atoms with Crippen LogP contribution in [-0.4, -0.2) is 4.98 Å². The molecule has 0 aliphatic heterocycles. The summed E-state index contributed by atoms with van der Waals surface area (Å²) in [6.45, 7) is 3.87. The van der Waals surface area contributed by atoms with Gasteiger partial charge in [0.05, 0.1) is 5.69 Å². The van der Waals surface area contributed by atoms with Crippen LogP contribution in [0.3, 0.4) is 0 Å². The third kappa shape index (κ3) is 1.73. The van der Waals surface area contributed by atoms with Crippen molar-refractivity contribution in [1.29, 1.82) is 0 Å². The Hall–Kier alpha value is -1.09. The summed E-state index contributed by atoms with van der Waals surface area (Å²) in [5, 5.41) is 0. The largest absolute Gasteiger partial charge is 0.441 e. The van der Waals surface area contributed by atoms with Crippen molar-refractivity contribution in [2.75, 3.05) is 0 Å². The summed E-state index contributed by atoms with van der Waals surface area (Å²) in [6, 6.07) is 7.91. The molecule has 14 heavy (non-hydrogen) atoms. The Kier molecular flexibility index (Phi) is 2.42. The molecule has 0 amide bonds. The fourth-order valence-corrected chi connectivity index (χ4v) is 1.45. The lowest BCUT2D eigenvalue weighted by atomic mass is 10.2. The molecule has 0 radical (unpaired) electrons. The third-order valence-electron chi connectivity index (χ3n) is 2.12. The maximum Gasteiger partial charge on any atom is 0.226 e. The van der Waals surface area contributed by atoms with Gasteiger partial charge in [-0.25, -0.2) is 4.98 Å². The van der Waals surface area contributed by atoms with E-state index in [4.69, 9.17) is 4.42 Å². The van der Waals surface area contributed by atoms with Crippen molar-refractivity contribution in [3.63, 3.8) is 0 Å². The Labute approximate surface area is 91.1 Å². The number of aromatic nitrogens is 1. The number of nitrogens with zero attached hydrogens (tertiary/aromatic N) is 1. The zero-order valence-electron chi connectivity index (χ0n) is 8.04. The van der Waals surface area contributed by atoms with Crippen LogP contribution in [0.4, 0.5) is 0 Å². The molecule has 0 aliphatic carbocycles. The number of benzene rings is 1. The minimum absolute atomic E-state index is 0.688. The molecule has 72 valence electrons. The van der Waals surface area contributed by atoms with Gasteiger partial charge in [-0.1, -0.05) is 15.9 Å². The lowest BCUT2D eigenvalue weighted by molar-refractivity contribution is 0.541. The molecule has 1 aromatic heterocycles. The zero-order valence-corrected chi connectivity index (χ0v) is 9.63. The van der Waals surface area contributed by atoms with Crippen molar-refractivity contribution in [2.24, 2.45) is 0 Å². The van der Waals surface area contributed by atoms with Crippen molar-refractivity contribution in [3.05, 3.63) is 40.2 Å². The van der Waals surface area contributed by atoms with E-state index in [1.54, 1.807) is 0 Å². The minimum Gasteiger partial charge on any atom is -0.441 e. The fraction of sp³-hybridized carbons (Fsp3) is 0.182. The van der Waals surface area contributed by atoms with E-state index < -0.39 is 0 Å². The first-order chi connectivity index (χ1) is 6.66. The second kappa shape index (κ2) is 3.58. The predicted molar refractivity (Wildman–Crippen MR) is 59.1 cm³/mol. The Morgan fingerprint density at radius 3 is 2.29 bits per heavy atom. The van der Waals surface area contributed by atoms with Crippen molar-refractivity contribution >= 4 is 15.9 Å². The van der Waals surface area contributed by atoms with Gasteiger partial charge < -0.3 is 4.42 Å². The Morgan fingerprint density at radius 2 is 1.79 bits per heavy atom. The number of hydrogen-bond donors (Lipinski definition) is 0. The van der Waals surface area contributed by atoms with Crippen molar-refractivity contribution in [3.8, 4) is 11.5 Å². The molecule has 0 unspecified atom stereocenters. The van der Waals surface area contributed by atoms with Crippen LogP contribution < -0.4 is 0 Å². The first-order valence-corrected chi connectivity index (χ1v) is 5.16. The molecule has 0 bridgehead atoms. The van der Waals surface area contributed by atoms with Gasteiger partial charge in [0.15, 0.2) is 0 Å². The van der Waals surface area contributed by atoms with Crippen LogP contribution in [0.5, 0.6) is 0 Å². The number of aryl methyl sites for hydroxylation is 2. The maximum absolute atomic E-state index is 5.51. The monoisotopic (exact) mass is 251 g/mol. The summed E-state index contributed by atoms with van der Waals surface area (Å²) in [5.41, 5.74) is 1.95. The summed E-state index contributed by atoms with van der Waals surface area (Å²) >= 11 is 3.39. The van der Waals surface area contributed by atoms with Crippen LogP contribution in [0, 0.1) is 13.8 Å². The van der Waals surface area contributed by atoms with Gasteiger partial charge in [-0.05, 0) is 38.1 Å². The smallest absolute Gasteiger partial charge is 0.226 e.